The van der Waals surface area contributed by atoms with E-state index in [2.05, 4.69) is 21.2 Å². The molecule has 1 atom stereocenters. The number of hydrogen-bond donors (Lipinski definition) is 1. The SMILES string of the molecule is CNC(Cc1ccc(F)cc1Cl)c1cc(F)ccc1Br. The first-order chi connectivity index (χ1) is 9.51. The van der Waals surface area contributed by atoms with Crippen LogP contribution in [0.5, 0.6) is 0 Å². The van der Waals surface area contributed by atoms with Gasteiger partial charge in [0.1, 0.15) is 11.6 Å². The number of nitrogens with one attached hydrogen (secondary N) is 1. The van der Waals surface area contributed by atoms with Gasteiger partial charge in [0.25, 0.3) is 0 Å². The van der Waals surface area contributed by atoms with Gasteiger partial charge in [0.05, 0.1) is 0 Å². The first-order valence-corrected chi connectivity index (χ1v) is 7.24. The van der Waals surface area contributed by atoms with Crippen LogP contribution in [0.4, 0.5) is 8.78 Å². The molecule has 1 unspecified atom stereocenters. The second-order valence-electron chi connectivity index (χ2n) is 4.45. The Morgan fingerprint density at radius 3 is 2.45 bits per heavy atom. The van der Waals surface area contributed by atoms with Crippen molar-refractivity contribution in [1.82, 2.24) is 5.32 Å². The molecule has 2 rings (SSSR count). The van der Waals surface area contributed by atoms with Crippen molar-refractivity contribution in [3.8, 4) is 0 Å². The predicted molar refractivity (Wildman–Crippen MR) is 81.0 cm³/mol. The average molecular weight is 361 g/mol. The van der Waals surface area contributed by atoms with E-state index in [4.69, 9.17) is 11.6 Å². The topological polar surface area (TPSA) is 12.0 Å². The van der Waals surface area contributed by atoms with Crippen LogP contribution in [0.15, 0.2) is 40.9 Å². The van der Waals surface area contributed by atoms with Crippen LogP contribution >= 0.6 is 27.5 Å². The molecule has 0 radical (unpaired) electrons. The molecule has 0 spiro atoms. The van der Waals surface area contributed by atoms with Gasteiger partial charge in [0.2, 0.25) is 0 Å². The van der Waals surface area contributed by atoms with E-state index in [1.54, 1.807) is 19.2 Å². The molecule has 2 aromatic carbocycles. The normalized spacial score (nSPS) is 12.4. The van der Waals surface area contributed by atoms with Crippen LogP contribution in [-0.4, -0.2) is 7.05 Å². The van der Waals surface area contributed by atoms with E-state index in [-0.39, 0.29) is 17.7 Å². The van der Waals surface area contributed by atoms with Crippen LogP contribution in [0.1, 0.15) is 17.2 Å². The number of rotatable bonds is 4. The zero-order valence-corrected chi connectivity index (χ0v) is 13.1. The van der Waals surface area contributed by atoms with Crippen molar-refractivity contribution in [2.24, 2.45) is 0 Å². The second kappa shape index (κ2) is 6.66. The Hall–Kier alpha value is -0.970. The summed E-state index contributed by atoms with van der Waals surface area (Å²) in [6, 6.07) is 8.71. The molecule has 0 aliphatic carbocycles. The molecule has 0 saturated heterocycles. The minimum Gasteiger partial charge on any atom is -0.313 e. The maximum absolute atomic E-state index is 13.4. The van der Waals surface area contributed by atoms with Crippen LogP contribution in [-0.2, 0) is 6.42 Å². The summed E-state index contributed by atoms with van der Waals surface area (Å²) in [6.07, 6.45) is 0.539. The van der Waals surface area contributed by atoms with Crippen molar-refractivity contribution in [2.45, 2.75) is 12.5 Å². The summed E-state index contributed by atoms with van der Waals surface area (Å²) in [4.78, 5) is 0. The summed E-state index contributed by atoms with van der Waals surface area (Å²) < 4.78 is 27.3. The highest BCUT2D eigenvalue weighted by molar-refractivity contribution is 9.10. The van der Waals surface area contributed by atoms with Crippen LogP contribution in [0.25, 0.3) is 0 Å². The van der Waals surface area contributed by atoms with E-state index >= 15 is 0 Å². The molecule has 1 nitrogen and oxygen atoms in total. The maximum Gasteiger partial charge on any atom is 0.124 e. The van der Waals surface area contributed by atoms with E-state index < -0.39 is 0 Å². The van der Waals surface area contributed by atoms with Crippen LogP contribution in [0, 0.1) is 11.6 Å². The van der Waals surface area contributed by atoms with E-state index in [9.17, 15) is 8.78 Å². The van der Waals surface area contributed by atoms with E-state index in [0.717, 1.165) is 15.6 Å². The molecule has 0 saturated carbocycles. The highest BCUT2D eigenvalue weighted by Gasteiger charge is 2.16. The minimum absolute atomic E-state index is 0.122. The van der Waals surface area contributed by atoms with Crippen LogP contribution in [0.3, 0.4) is 0 Å². The molecule has 106 valence electrons. The van der Waals surface area contributed by atoms with Gasteiger partial charge >= 0.3 is 0 Å². The van der Waals surface area contributed by atoms with Crippen molar-refractivity contribution in [3.63, 3.8) is 0 Å². The molecule has 20 heavy (non-hydrogen) atoms. The summed E-state index contributed by atoms with van der Waals surface area (Å²) in [5.41, 5.74) is 1.61. The number of hydrogen-bond acceptors (Lipinski definition) is 1. The van der Waals surface area contributed by atoms with Gasteiger partial charge < -0.3 is 5.32 Å². The lowest BCUT2D eigenvalue weighted by Gasteiger charge is -2.19. The maximum atomic E-state index is 13.4. The standard InChI is InChI=1S/C15H13BrClF2N/c1-20-15(12-7-10(18)4-5-13(12)16)6-9-2-3-11(19)8-14(9)17/h2-5,7-8,15,20H,6H2,1H3. The number of likely N-dealkylation sites (N-methyl/N-ethyl adjacent to an activating group) is 1. The molecule has 0 amide bonds. The van der Waals surface area contributed by atoms with Crippen LogP contribution < -0.4 is 5.32 Å². The average Bonchev–Trinajstić information content (AvgIpc) is 2.41. The molecule has 2 aromatic rings. The molecule has 0 bridgehead atoms. The molecular weight excluding hydrogens is 348 g/mol. The first-order valence-electron chi connectivity index (χ1n) is 6.07. The molecule has 5 heteroatoms. The quantitative estimate of drug-likeness (QED) is 0.819. The van der Waals surface area contributed by atoms with Crippen LogP contribution in [0.2, 0.25) is 5.02 Å². The fraction of sp³-hybridized carbons (Fsp3) is 0.200. The third kappa shape index (κ3) is 3.57. The van der Waals surface area contributed by atoms with Crippen molar-refractivity contribution in [2.75, 3.05) is 7.05 Å². The zero-order valence-electron chi connectivity index (χ0n) is 10.8. The van der Waals surface area contributed by atoms with Gasteiger partial charge in [-0.05, 0) is 54.9 Å². The highest BCUT2D eigenvalue weighted by Crippen LogP contribution is 2.29. The summed E-state index contributed by atoms with van der Waals surface area (Å²) >= 11 is 9.45. The van der Waals surface area contributed by atoms with Gasteiger partial charge in [-0.15, -0.1) is 0 Å². The summed E-state index contributed by atoms with van der Waals surface area (Å²) in [5, 5.41) is 3.50. The van der Waals surface area contributed by atoms with Crippen molar-refractivity contribution >= 4 is 27.5 Å². The molecule has 0 fully saturated rings. The third-order valence-corrected chi connectivity index (χ3v) is 4.20. The Labute approximate surface area is 130 Å². The Balaban J connectivity index is 2.31. The van der Waals surface area contributed by atoms with Gasteiger partial charge in [-0.2, -0.15) is 0 Å². The molecule has 0 aliphatic heterocycles. The molecule has 0 heterocycles. The van der Waals surface area contributed by atoms with E-state index in [1.807, 2.05) is 0 Å². The van der Waals surface area contributed by atoms with Gasteiger partial charge in [0.15, 0.2) is 0 Å². The highest BCUT2D eigenvalue weighted by atomic mass is 79.9. The smallest absolute Gasteiger partial charge is 0.124 e. The fourth-order valence-corrected chi connectivity index (χ4v) is 2.82. The Morgan fingerprint density at radius 1 is 1.15 bits per heavy atom. The lowest BCUT2D eigenvalue weighted by atomic mass is 9.99. The van der Waals surface area contributed by atoms with Gasteiger partial charge in [-0.25, -0.2) is 8.78 Å². The molecule has 1 N–H and O–H groups in total. The largest absolute Gasteiger partial charge is 0.313 e. The zero-order chi connectivity index (χ0) is 14.7. The molecular formula is C15H13BrClF2N. The first kappa shape index (κ1) is 15.4. The molecule has 0 aliphatic rings. The molecule has 0 aromatic heterocycles. The third-order valence-electron chi connectivity index (χ3n) is 3.12. The van der Waals surface area contributed by atoms with Gasteiger partial charge in [-0.3, -0.25) is 0 Å². The second-order valence-corrected chi connectivity index (χ2v) is 5.71. The van der Waals surface area contributed by atoms with Crippen molar-refractivity contribution in [1.29, 1.82) is 0 Å². The van der Waals surface area contributed by atoms with Gasteiger partial charge in [0, 0.05) is 15.5 Å². The Morgan fingerprint density at radius 2 is 1.80 bits per heavy atom. The minimum atomic E-state index is -0.369. The summed E-state index contributed by atoms with van der Waals surface area (Å²) in [6.45, 7) is 0. The summed E-state index contributed by atoms with van der Waals surface area (Å²) in [5.74, 6) is -0.666. The Kier molecular flexibility index (Phi) is 5.13. The lowest BCUT2D eigenvalue weighted by molar-refractivity contribution is 0.573. The van der Waals surface area contributed by atoms with Crippen molar-refractivity contribution < 1.29 is 8.78 Å². The lowest BCUT2D eigenvalue weighted by Crippen LogP contribution is -2.19. The monoisotopic (exact) mass is 359 g/mol. The Bertz CT molecular complexity index is 619. The van der Waals surface area contributed by atoms with E-state index in [0.29, 0.717) is 11.4 Å². The number of benzene rings is 2. The predicted octanol–water partition coefficient (Wildman–Crippen LogP) is 4.88. The van der Waals surface area contributed by atoms with E-state index in [1.165, 1.54) is 24.3 Å². The fourth-order valence-electron chi connectivity index (χ4n) is 2.06. The van der Waals surface area contributed by atoms with Gasteiger partial charge in [-0.1, -0.05) is 33.6 Å². The number of halogens is 4. The summed E-state index contributed by atoms with van der Waals surface area (Å²) in [7, 11) is 1.79. The van der Waals surface area contributed by atoms with Crippen molar-refractivity contribution in [3.05, 3.63) is 68.7 Å².